The lowest BCUT2D eigenvalue weighted by atomic mass is 9.80. The number of piperidine rings is 1. The zero-order valence-electron chi connectivity index (χ0n) is 12.7. The molecule has 3 N–H and O–H groups in total. The van der Waals surface area contributed by atoms with E-state index in [1.165, 1.54) is 6.20 Å². The van der Waals surface area contributed by atoms with Crippen LogP contribution < -0.4 is 10.0 Å². The molecule has 0 aliphatic carbocycles. The fourth-order valence-electron chi connectivity index (χ4n) is 3.30. The Bertz CT molecular complexity index is 573. The molecule has 0 amide bonds. The molecule has 0 radical (unpaired) electrons. The Kier molecular flexibility index (Phi) is 3.73. The molecular weight excluding hydrogens is 276 g/mol. The van der Waals surface area contributed by atoms with Crippen molar-refractivity contribution in [3.8, 4) is 0 Å². The molecule has 1 saturated heterocycles. The van der Waals surface area contributed by atoms with Gasteiger partial charge in [-0.15, -0.1) is 0 Å². The molecule has 0 atom stereocenters. The molecule has 0 saturated carbocycles. The number of nitrogens with zero attached hydrogens (tertiary/aromatic N) is 1. The highest BCUT2D eigenvalue weighted by atomic mass is 32.2. The maximum Gasteiger partial charge on any atom is 0.244 e. The predicted molar refractivity (Wildman–Crippen MR) is 78.0 cm³/mol. The molecule has 0 bridgehead atoms. The Morgan fingerprint density at radius 2 is 1.80 bits per heavy atom. The number of sulfonamides is 1. The van der Waals surface area contributed by atoms with E-state index in [4.69, 9.17) is 0 Å². The Labute approximate surface area is 120 Å². The summed E-state index contributed by atoms with van der Waals surface area (Å²) in [7, 11) is -3.52. The minimum absolute atomic E-state index is 0.0828. The van der Waals surface area contributed by atoms with Crippen LogP contribution in [0.3, 0.4) is 0 Å². The summed E-state index contributed by atoms with van der Waals surface area (Å²) in [6, 6.07) is -0.0828. The highest BCUT2D eigenvalue weighted by Gasteiger charge is 2.39. The first-order valence-corrected chi connectivity index (χ1v) is 8.31. The first-order valence-electron chi connectivity index (χ1n) is 6.82. The minimum Gasteiger partial charge on any atom is -0.307 e. The van der Waals surface area contributed by atoms with Gasteiger partial charge in [0.25, 0.3) is 0 Å². The van der Waals surface area contributed by atoms with Crippen LogP contribution in [0.1, 0.15) is 46.2 Å². The van der Waals surface area contributed by atoms with Crippen LogP contribution in [0.25, 0.3) is 0 Å². The van der Waals surface area contributed by atoms with Gasteiger partial charge < -0.3 is 5.32 Å². The van der Waals surface area contributed by atoms with E-state index in [0.717, 1.165) is 12.8 Å². The van der Waals surface area contributed by atoms with E-state index < -0.39 is 10.0 Å². The van der Waals surface area contributed by atoms with E-state index in [1.54, 1.807) is 6.92 Å². The summed E-state index contributed by atoms with van der Waals surface area (Å²) in [5.74, 6) is 0. The van der Waals surface area contributed by atoms with Crippen LogP contribution in [-0.4, -0.2) is 35.7 Å². The molecule has 7 heteroatoms. The molecule has 0 spiro atoms. The van der Waals surface area contributed by atoms with E-state index in [2.05, 4.69) is 47.9 Å². The summed E-state index contributed by atoms with van der Waals surface area (Å²) in [5, 5.41) is 9.99. The smallest absolute Gasteiger partial charge is 0.244 e. The van der Waals surface area contributed by atoms with Gasteiger partial charge in [0, 0.05) is 17.1 Å². The average Bonchev–Trinajstić information content (AvgIpc) is 2.58. The Hall–Kier alpha value is -0.920. The summed E-state index contributed by atoms with van der Waals surface area (Å²) in [6.45, 7) is 10.1. The summed E-state index contributed by atoms with van der Waals surface area (Å²) in [4.78, 5) is 0.228. The van der Waals surface area contributed by atoms with E-state index >= 15 is 0 Å². The zero-order chi connectivity index (χ0) is 15.2. The molecule has 6 nitrogen and oxygen atoms in total. The second kappa shape index (κ2) is 4.82. The van der Waals surface area contributed by atoms with Crippen molar-refractivity contribution in [1.29, 1.82) is 0 Å². The van der Waals surface area contributed by atoms with Crippen LogP contribution in [0.4, 0.5) is 0 Å². The highest BCUT2D eigenvalue weighted by Crippen LogP contribution is 2.29. The van der Waals surface area contributed by atoms with Gasteiger partial charge in [-0.25, -0.2) is 13.1 Å². The van der Waals surface area contributed by atoms with Gasteiger partial charge in [0.15, 0.2) is 0 Å². The second-order valence-electron chi connectivity index (χ2n) is 6.98. The second-order valence-corrected chi connectivity index (χ2v) is 8.66. The van der Waals surface area contributed by atoms with Crippen LogP contribution in [0, 0.1) is 6.92 Å². The third kappa shape index (κ3) is 3.39. The van der Waals surface area contributed by atoms with Crippen LogP contribution in [0.15, 0.2) is 11.1 Å². The third-order valence-corrected chi connectivity index (χ3v) is 5.22. The molecule has 1 aromatic heterocycles. The maximum atomic E-state index is 12.4. The first kappa shape index (κ1) is 15.5. The van der Waals surface area contributed by atoms with Crippen LogP contribution in [0.2, 0.25) is 0 Å². The van der Waals surface area contributed by atoms with Crippen molar-refractivity contribution >= 4 is 10.0 Å². The van der Waals surface area contributed by atoms with Crippen LogP contribution >= 0.6 is 0 Å². The molecule has 1 aliphatic heterocycles. The number of nitrogens with one attached hydrogen (secondary N) is 3. The Morgan fingerprint density at radius 3 is 2.25 bits per heavy atom. The normalized spacial score (nSPS) is 22.9. The Morgan fingerprint density at radius 1 is 1.25 bits per heavy atom. The van der Waals surface area contributed by atoms with E-state index in [-0.39, 0.29) is 22.0 Å². The lowest BCUT2D eigenvalue weighted by Gasteiger charge is -2.46. The van der Waals surface area contributed by atoms with Crippen molar-refractivity contribution in [2.75, 3.05) is 0 Å². The minimum atomic E-state index is -3.52. The van der Waals surface area contributed by atoms with E-state index in [0.29, 0.717) is 5.69 Å². The zero-order valence-corrected chi connectivity index (χ0v) is 13.6. The fourth-order valence-corrected chi connectivity index (χ4v) is 4.67. The van der Waals surface area contributed by atoms with Crippen molar-refractivity contribution in [3.63, 3.8) is 0 Å². The molecular formula is C13H24N4O2S. The van der Waals surface area contributed by atoms with Crippen LogP contribution in [0.5, 0.6) is 0 Å². The number of aryl methyl sites for hydroxylation is 1. The molecule has 1 aliphatic rings. The summed E-state index contributed by atoms with van der Waals surface area (Å²) in [6.07, 6.45) is 2.87. The van der Waals surface area contributed by atoms with Crippen molar-refractivity contribution in [3.05, 3.63) is 11.9 Å². The monoisotopic (exact) mass is 300 g/mol. The standard InChI is InChI=1S/C13H24N4O2S/c1-9-11(8-14-15-9)20(18,19)16-10-6-12(2,3)17-13(4,5)7-10/h8,10,16-17H,6-7H2,1-5H3,(H,14,15). The molecule has 0 unspecified atom stereocenters. The Balaban J connectivity index is 2.20. The number of H-pyrrole nitrogens is 1. The highest BCUT2D eigenvalue weighted by molar-refractivity contribution is 7.89. The summed E-state index contributed by atoms with van der Waals surface area (Å²) in [5.41, 5.74) is 0.366. The largest absolute Gasteiger partial charge is 0.307 e. The number of aromatic nitrogens is 2. The number of rotatable bonds is 3. The van der Waals surface area contributed by atoms with Crippen molar-refractivity contribution in [2.24, 2.45) is 0 Å². The molecule has 2 rings (SSSR count). The lowest BCUT2D eigenvalue weighted by molar-refractivity contribution is 0.157. The third-order valence-electron chi connectivity index (χ3n) is 3.59. The van der Waals surface area contributed by atoms with Crippen molar-refractivity contribution in [1.82, 2.24) is 20.2 Å². The van der Waals surface area contributed by atoms with Gasteiger partial charge in [0.2, 0.25) is 10.0 Å². The topological polar surface area (TPSA) is 86.9 Å². The van der Waals surface area contributed by atoms with Crippen molar-refractivity contribution in [2.45, 2.75) is 69.5 Å². The average molecular weight is 300 g/mol. The number of hydrogen-bond acceptors (Lipinski definition) is 4. The molecule has 1 aromatic rings. The van der Waals surface area contributed by atoms with Gasteiger partial charge in [-0.05, 0) is 47.5 Å². The van der Waals surface area contributed by atoms with Gasteiger partial charge in [0.05, 0.1) is 11.9 Å². The van der Waals surface area contributed by atoms with E-state index in [9.17, 15) is 8.42 Å². The molecule has 20 heavy (non-hydrogen) atoms. The van der Waals surface area contributed by atoms with Gasteiger partial charge in [-0.3, -0.25) is 5.10 Å². The molecule has 114 valence electrons. The SMILES string of the molecule is Cc1[nH]ncc1S(=O)(=O)NC1CC(C)(C)NC(C)(C)C1. The maximum absolute atomic E-state index is 12.4. The first-order chi connectivity index (χ1) is 9.01. The lowest BCUT2D eigenvalue weighted by Crippen LogP contribution is -2.62. The van der Waals surface area contributed by atoms with Gasteiger partial charge in [-0.2, -0.15) is 5.10 Å². The summed E-state index contributed by atoms with van der Waals surface area (Å²) >= 11 is 0. The summed E-state index contributed by atoms with van der Waals surface area (Å²) < 4.78 is 27.6. The van der Waals surface area contributed by atoms with Gasteiger partial charge >= 0.3 is 0 Å². The molecule has 0 aromatic carbocycles. The number of hydrogen-bond donors (Lipinski definition) is 3. The predicted octanol–water partition coefficient (Wildman–Crippen LogP) is 1.31. The van der Waals surface area contributed by atoms with Gasteiger partial charge in [-0.1, -0.05) is 0 Å². The quantitative estimate of drug-likeness (QED) is 0.785. The molecule has 2 heterocycles. The fraction of sp³-hybridized carbons (Fsp3) is 0.769. The van der Waals surface area contributed by atoms with E-state index in [1.807, 2.05) is 0 Å². The van der Waals surface area contributed by atoms with Crippen molar-refractivity contribution < 1.29 is 8.42 Å². The molecule has 1 fully saturated rings. The number of aromatic amines is 1. The van der Waals surface area contributed by atoms with Crippen LogP contribution in [-0.2, 0) is 10.0 Å². The van der Waals surface area contributed by atoms with Gasteiger partial charge in [0.1, 0.15) is 4.90 Å².